The van der Waals surface area contributed by atoms with Gasteiger partial charge in [-0.3, -0.25) is 0 Å². The van der Waals surface area contributed by atoms with E-state index < -0.39 is 5.82 Å². The summed E-state index contributed by atoms with van der Waals surface area (Å²) in [4.78, 5) is 4.45. The van der Waals surface area contributed by atoms with Crippen LogP contribution in [0, 0.1) is 5.82 Å². The molecule has 0 aliphatic rings. The topological polar surface area (TPSA) is 29.9 Å². The molecular formula is C16H15ClFN3. The average molecular weight is 304 g/mol. The van der Waals surface area contributed by atoms with Gasteiger partial charge in [0.2, 0.25) is 0 Å². The lowest BCUT2D eigenvalue weighted by Gasteiger charge is -2.05. The number of halogens is 2. The summed E-state index contributed by atoms with van der Waals surface area (Å²) in [6.07, 6.45) is 3.85. The third-order valence-electron chi connectivity index (χ3n) is 3.42. The predicted octanol–water partition coefficient (Wildman–Crippen LogP) is 3.60. The van der Waals surface area contributed by atoms with Gasteiger partial charge in [-0.1, -0.05) is 17.7 Å². The largest absolute Gasteiger partial charge is 0.328 e. The van der Waals surface area contributed by atoms with E-state index in [4.69, 9.17) is 11.6 Å². The minimum atomic E-state index is -0.397. The first kappa shape index (κ1) is 14.0. The van der Waals surface area contributed by atoms with Gasteiger partial charge in [0.25, 0.3) is 0 Å². The number of hydrogen-bond acceptors (Lipinski definition) is 2. The second-order valence-corrected chi connectivity index (χ2v) is 5.34. The molecule has 0 aliphatic carbocycles. The smallest absolute Gasteiger partial charge is 0.141 e. The quantitative estimate of drug-likeness (QED) is 0.798. The molecule has 0 unspecified atom stereocenters. The first-order chi connectivity index (χ1) is 10.2. The van der Waals surface area contributed by atoms with E-state index in [0.29, 0.717) is 6.54 Å². The van der Waals surface area contributed by atoms with E-state index in [1.54, 1.807) is 18.3 Å². The summed E-state index contributed by atoms with van der Waals surface area (Å²) >= 11 is 5.84. The summed E-state index contributed by atoms with van der Waals surface area (Å²) in [7, 11) is 1.92. The third kappa shape index (κ3) is 2.77. The maximum Gasteiger partial charge on any atom is 0.141 e. The molecule has 5 heteroatoms. The zero-order valence-corrected chi connectivity index (χ0v) is 12.4. The minimum Gasteiger partial charge on any atom is -0.328 e. The van der Waals surface area contributed by atoms with Gasteiger partial charge in [0.15, 0.2) is 0 Å². The van der Waals surface area contributed by atoms with Crippen molar-refractivity contribution in [3.63, 3.8) is 0 Å². The molecule has 0 fully saturated rings. The lowest BCUT2D eigenvalue weighted by molar-refractivity contribution is 0.627. The normalized spacial score (nSPS) is 11.2. The van der Waals surface area contributed by atoms with Crippen molar-refractivity contribution in [2.24, 2.45) is 0 Å². The molecule has 2 heterocycles. The molecule has 0 amide bonds. The molecule has 2 aromatic heterocycles. The van der Waals surface area contributed by atoms with Gasteiger partial charge in [-0.2, -0.15) is 0 Å². The highest BCUT2D eigenvalue weighted by Gasteiger charge is 2.09. The number of nitrogens with one attached hydrogen (secondary N) is 1. The fourth-order valence-corrected chi connectivity index (χ4v) is 2.68. The highest BCUT2D eigenvalue weighted by atomic mass is 35.5. The second-order valence-electron chi connectivity index (χ2n) is 4.94. The van der Waals surface area contributed by atoms with Crippen molar-refractivity contribution in [3.8, 4) is 0 Å². The first-order valence-electron chi connectivity index (χ1n) is 6.70. The van der Waals surface area contributed by atoms with Gasteiger partial charge >= 0.3 is 0 Å². The Bertz CT molecular complexity index is 782. The van der Waals surface area contributed by atoms with Crippen LogP contribution in [0.4, 0.5) is 4.39 Å². The summed E-state index contributed by atoms with van der Waals surface area (Å²) in [5, 5.41) is 4.43. The molecule has 0 saturated carbocycles. The first-order valence-corrected chi connectivity index (χ1v) is 7.08. The Labute approximate surface area is 127 Å². The van der Waals surface area contributed by atoms with Crippen LogP contribution in [0.25, 0.3) is 11.0 Å². The molecule has 1 aromatic carbocycles. The number of pyridine rings is 1. The Kier molecular flexibility index (Phi) is 3.90. The van der Waals surface area contributed by atoms with Crippen molar-refractivity contribution in [1.82, 2.24) is 14.9 Å². The second kappa shape index (κ2) is 5.84. The van der Waals surface area contributed by atoms with Gasteiger partial charge in [-0.25, -0.2) is 9.37 Å². The van der Waals surface area contributed by atoms with Crippen LogP contribution in [-0.2, 0) is 13.1 Å². The number of rotatable bonds is 4. The van der Waals surface area contributed by atoms with E-state index in [-0.39, 0.29) is 5.02 Å². The SMILES string of the molecule is CNCc1cn(Cc2ccc(F)c(Cl)c2)c2ncccc12. The van der Waals surface area contributed by atoms with Gasteiger partial charge in [0.05, 0.1) is 5.02 Å². The van der Waals surface area contributed by atoms with Crippen LogP contribution in [0.2, 0.25) is 5.02 Å². The highest BCUT2D eigenvalue weighted by molar-refractivity contribution is 6.30. The number of benzene rings is 1. The minimum absolute atomic E-state index is 0.146. The fourth-order valence-electron chi connectivity index (χ4n) is 2.48. The molecule has 0 atom stereocenters. The molecule has 1 N–H and O–H groups in total. The molecule has 3 rings (SSSR count). The van der Waals surface area contributed by atoms with Crippen LogP contribution >= 0.6 is 11.6 Å². The fraction of sp³-hybridized carbons (Fsp3) is 0.188. The van der Waals surface area contributed by atoms with Crippen molar-refractivity contribution < 1.29 is 4.39 Å². The van der Waals surface area contributed by atoms with E-state index >= 15 is 0 Å². The van der Waals surface area contributed by atoms with Gasteiger partial charge in [-0.05, 0) is 42.4 Å². The van der Waals surface area contributed by atoms with Crippen molar-refractivity contribution in [2.75, 3.05) is 7.05 Å². The molecular weight excluding hydrogens is 289 g/mol. The predicted molar refractivity (Wildman–Crippen MR) is 83.0 cm³/mol. The maximum absolute atomic E-state index is 13.2. The molecule has 0 aliphatic heterocycles. The molecule has 3 nitrogen and oxygen atoms in total. The average Bonchev–Trinajstić information content (AvgIpc) is 2.82. The lowest BCUT2D eigenvalue weighted by atomic mass is 10.2. The lowest BCUT2D eigenvalue weighted by Crippen LogP contribution is -2.04. The zero-order chi connectivity index (χ0) is 14.8. The van der Waals surface area contributed by atoms with Crippen molar-refractivity contribution in [1.29, 1.82) is 0 Å². The molecule has 108 valence electrons. The summed E-state index contributed by atoms with van der Waals surface area (Å²) in [5.41, 5.74) is 3.05. The summed E-state index contributed by atoms with van der Waals surface area (Å²) < 4.78 is 15.3. The van der Waals surface area contributed by atoms with Crippen LogP contribution in [0.3, 0.4) is 0 Å². The van der Waals surface area contributed by atoms with Crippen molar-refractivity contribution >= 4 is 22.6 Å². The molecule has 3 aromatic rings. The van der Waals surface area contributed by atoms with Crippen LogP contribution < -0.4 is 5.32 Å². The number of fused-ring (bicyclic) bond motifs is 1. The number of nitrogens with zero attached hydrogens (tertiary/aromatic N) is 2. The molecule has 0 saturated heterocycles. The molecule has 0 spiro atoms. The standard InChI is InChI=1S/C16H15ClFN3/c1-19-8-12-10-21(16-13(12)3-2-6-20-16)9-11-4-5-15(18)14(17)7-11/h2-7,10,19H,8-9H2,1H3. The Hall–Kier alpha value is -1.91. The Morgan fingerprint density at radius 2 is 2.19 bits per heavy atom. The van der Waals surface area contributed by atoms with Gasteiger partial charge in [0.1, 0.15) is 11.5 Å². The number of aromatic nitrogens is 2. The Morgan fingerprint density at radius 3 is 2.95 bits per heavy atom. The van der Waals surface area contributed by atoms with Gasteiger partial charge in [-0.15, -0.1) is 0 Å². The molecule has 0 radical (unpaired) electrons. The number of hydrogen-bond donors (Lipinski definition) is 1. The third-order valence-corrected chi connectivity index (χ3v) is 3.71. The van der Waals surface area contributed by atoms with E-state index in [9.17, 15) is 4.39 Å². The maximum atomic E-state index is 13.2. The van der Waals surface area contributed by atoms with Crippen LogP contribution in [0.5, 0.6) is 0 Å². The Balaban J connectivity index is 2.01. The van der Waals surface area contributed by atoms with Crippen molar-refractivity contribution in [2.45, 2.75) is 13.1 Å². The molecule has 21 heavy (non-hydrogen) atoms. The van der Waals surface area contributed by atoms with Crippen molar-refractivity contribution in [3.05, 3.63) is 64.7 Å². The van der Waals surface area contributed by atoms with Gasteiger partial charge < -0.3 is 9.88 Å². The monoisotopic (exact) mass is 303 g/mol. The van der Waals surface area contributed by atoms with Gasteiger partial charge in [0, 0.05) is 30.9 Å². The van der Waals surface area contributed by atoms with Crippen LogP contribution in [0.15, 0.2) is 42.7 Å². The molecule has 0 bridgehead atoms. The van der Waals surface area contributed by atoms with E-state index in [1.807, 2.05) is 13.1 Å². The van der Waals surface area contributed by atoms with Crippen LogP contribution in [-0.4, -0.2) is 16.6 Å². The Morgan fingerprint density at radius 1 is 1.33 bits per heavy atom. The zero-order valence-electron chi connectivity index (χ0n) is 11.6. The van der Waals surface area contributed by atoms with Crippen LogP contribution in [0.1, 0.15) is 11.1 Å². The summed E-state index contributed by atoms with van der Waals surface area (Å²) in [5.74, 6) is -0.397. The summed E-state index contributed by atoms with van der Waals surface area (Å²) in [6, 6.07) is 8.78. The van der Waals surface area contributed by atoms with E-state index in [2.05, 4.69) is 27.1 Å². The van der Waals surface area contributed by atoms with E-state index in [1.165, 1.54) is 11.6 Å². The summed E-state index contributed by atoms with van der Waals surface area (Å²) in [6.45, 7) is 1.39. The van der Waals surface area contributed by atoms with E-state index in [0.717, 1.165) is 23.1 Å². The highest BCUT2D eigenvalue weighted by Crippen LogP contribution is 2.22.